The van der Waals surface area contributed by atoms with E-state index in [1.165, 1.54) is 6.08 Å². The van der Waals surface area contributed by atoms with Crippen molar-refractivity contribution in [3.63, 3.8) is 0 Å². The molecule has 0 saturated heterocycles. The van der Waals surface area contributed by atoms with Gasteiger partial charge in [-0.15, -0.1) is 0 Å². The third-order valence-electron chi connectivity index (χ3n) is 2.75. The number of carbonyl (C=O) groups is 1. The minimum atomic E-state index is -4.17. The van der Waals surface area contributed by atoms with Crippen molar-refractivity contribution in [1.29, 1.82) is 0 Å². The van der Waals surface area contributed by atoms with E-state index in [-0.39, 0.29) is 13.0 Å². The molecular formula is C15H17F3O3. The Morgan fingerprint density at radius 3 is 2.33 bits per heavy atom. The highest BCUT2D eigenvalue weighted by Gasteiger charge is 2.26. The van der Waals surface area contributed by atoms with E-state index in [0.29, 0.717) is 11.3 Å². The highest BCUT2D eigenvalue weighted by Crippen LogP contribution is 2.27. The van der Waals surface area contributed by atoms with Crippen molar-refractivity contribution in [3.05, 3.63) is 34.9 Å². The number of aryl methyl sites for hydroxylation is 2. The molecule has 6 heteroatoms. The fourth-order valence-corrected chi connectivity index (χ4v) is 1.92. The number of alkyl halides is 3. The van der Waals surface area contributed by atoms with Gasteiger partial charge in [-0.3, -0.25) is 0 Å². The molecule has 0 bridgehead atoms. The average molecular weight is 302 g/mol. The van der Waals surface area contributed by atoms with Gasteiger partial charge in [-0.05, 0) is 55.2 Å². The first-order chi connectivity index (χ1) is 9.69. The first-order valence-corrected chi connectivity index (χ1v) is 6.41. The van der Waals surface area contributed by atoms with Crippen LogP contribution in [0.4, 0.5) is 13.2 Å². The van der Waals surface area contributed by atoms with E-state index in [1.807, 2.05) is 0 Å². The van der Waals surface area contributed by atoms with Crippen LogP contribution in [0, 0.1) is 13.8 Å². The van der Waals surface area contributed by atoms with Crippen molar-refractivity contribution in [2.75, 3.05) is 6.61 Å². The molecule has 0 atom stereocenters. The normalized spacial score (nSPS) is 11.9. The number of carboxylic acids is 1. The smallest absolute Gasteiger partial charge is 0.389 e. The van der Waals surface area contributed by atoms with Crippen molar-refractivity contribution in [2.45, 2.75) is 32.9 Å². The molecule has 0 fully saturated rings. The lowest BCUT2D eigenvalue weighted by molar-refractivity contribution is -0.136. The van der Waals surface area contributed by atoms with Gasteiger partial charge < -0.3 is 9.84 Å². The van der Waals surface area contributed by atoms with Crippen molar-refractivity contribution >= 4 is 12.0 Å². The van der Waals surface area contributed by atoms with Crippen molar-refractivity contribution in [2.24, 2.45) is 0 Å². The quantitative estimate of drug-likeness (QED) is 0.635. The summed E-state index contributed by atoms with van der Waals surface area (Å²) in [7, 11) is 0. The van der Waals surface area contributed by atoms with Gasteiger partial charge in [0.15, 0.2) is 0 Å². The van der Waals surface area contributed by atoms with E-state index in [0.717, 1.165) is 17.2 Å². The zero-order chi connectivity index (χ0) is 16.0. The standard InChI is InChI=1S/C15H17F3O3/c1-10-8-12(4-5-13(19)20)9-11(2)14(10)21-7-3-6-15(16,17)18/h4-5,8-9H,3,6-7H2,1-2H3,(H,19,20)/b5-4+. The maximum absolute atomic E-state index is 12.0. The molecule has 0 aliphatic carbocycles. The Morgan fingerprint density at radius 2 is 1.86 bits per heavy atom. The molecule has 0 saturated carbocycles. The molecule has 0 radical (unpaired) electrons. The summed E-state index contributed by atoms with van der Waals surface area (Å²) < 4.78 is 41.5. The van der Waals surface area contributed by atoms with Gasteiger partial charge in [0.1, 0.15) is 5.75 Å². The molecule has 1 N–H and O–H groups in total. The lowest BCUT2D eigenvalue weighted by Gasteiger charge is -2.13. The molecule has 21 heavy (non-hydrogen) atoms. The van der Waals surface area contributed by atoms with Crippen molar-refractivity contribution < 1.29 is 27.8 Å². The summed E-state index contributed by atoms with van der Waals surface area (Å²) in [4.78, 5) is 10.5. The second-order valence-corrected chi connectivity index (χ2v) is 4.72. The lowest BCUT2D eigenvalue weighted by Crippen LogP contribution is -2.10. The van der Waals surface area contributed by atoms with Gasteiger partial charge in [0.25, 0.3) is 0 Å². The molecule has 0 amide bonds. The van der Waals surface area contributed by atoms with E-state index < -0.39 is 18.6 Å². The first-order valence-electron chi connectivity index (χ1n) is 6.41. The molecule has 0 heterocycles. The topological polar surface area (TPSA) is 46.5 Å². The van der Waals surface area contributed by atoms with Gasteiger partial charge >= 0.3 is 12.1 Å². The van der Waals surface area contributed by atoms with Gasteiger partial charge in [-0.2, -0.15) is 13.2 Å². The monoisotopic (exact) mass is 302 g/mol. The number of carboxylic acid groups (broad SMARTS) is 1. The third kappa shape index (κ3) is 6.33. The number of halogens is 3. The van der Waals surface area contributed by atoms with Gasteiger partial charge in [0, 0.05) is 12.5 Å². The van der Waals surface area contributed by atoms with E-state index in [1.54, 1.807) is 26.0 Å². The minimum absolute atomic E-state index is 0.00843. The Morgan fingerprint density at radius 1 is 1.29 bits per heavy atom. The highest BCUT2D eigenvalue weighted by molar-refractivity contribution is 5.85. The number of hydrogen-bond acceptors (Lipinski definition) is 2. The summed E-state index contributed by atoms with van der Waals surface area (Å²) in [5.41, 5.74) is 2.22. The SMILES string of the molecule is Cc1cc(/C=C/C(=O)O)cc(C)c1OCCCC(F)(F)F. The fraction of sp³-hybridized carbons (Fsp3) is 0.400. The molecule has 1 aromatic rings. The van der Waals surface area contributed by atoms with Crippen molar-refractivity contribution in [1.82, 2.24) is 0 Å². The molecule has 0 spiro atoms. The maximum Gasteiger partial charge on any atom is 0.389 e. The third-order valence-corrected chi connectivity index (χ3v) is 2.75. The van der Waals surface area contributed by atoms with Crippen LogP contribution in [0.25, 0.3) is 6.08 Å². The molecule has 116 valence electrons. The zero-order valence-corrected chi connectivity index (χ0v) is 11.8. The molecule has 1 rings (SSSR count). The largest absolute Gasteiger partial charge is 0.493 e. The first kappa shape index (κ1) is 17.1. The summed E-state index contributed by atoms with van der Waals surface area (Å²) in [6, 6.07) is 3.46. The lowest BCUT2D eigenvalue weighted by atomic mass is 10.1. The number of rotatable bonds is 6. The van der Waals surface area contributed by atoms with Crippen LogP contribution in [0.3, 0.4) is 0 Å². The predicted octanol–water partition coefficient (Wildman–Crippen LogP) is 4.12. The summed E-state index contributed by atoms with van der Waals surface area (Å²) in [6.07, 6.45) is -2.65. The summed E-state index contributed by atoms with van der Waals surface area (Å²) in [5, 5.41) is 8.57. The van der Waals surface area contributed by atoms with Crippen LogP contribution in [-0.2, 0) is 4.79 Å². The number of hydrogen-bond donors (Lipinski definition) is 1. The van der Waals surface area contributed by atoms with E-state index in [2.05, 4.69) is 0 Å². The minimum Gasteiger partial charge on any atom is -0.493 e. The summed E-state index contributed by atoms with van der Waals surface area (Å²) in [6.45, 7) is 3.53. The summed E-state index contributed by atoms with van der Waals surface area (Å²) in [5.74, 6) is -0.498. The van der Waals surface area contributed by atoms with Crippen LogP contribution < -0.4 is 4.74 Å². The van der Waals surface area contributed by atoms with Crippen LogP contribution in [0.1, 0.15) is 29.5 Å². The molecule has 0 aromatic heterocycles. The van der Waals surface area contributed by atoms with Crippen LogP contribution in [0.15, 0.2) is 18.2 Å². The molecular weight excluding hydrogens is 285 g/mol. The van der Waals surface area contributed by atoms with Gasteiger partial charge in [0.2, 0.25) is 0 Å². The number of benzene rings is 1. The molecule has 3 nitrogen and oxygen atoms in total. The predicted molar refractivity (Wildman–Crippen MR) is 73.4 cm³/mol. The Hall–Kier alpha value is -1.98. The van der Waals surface area contributed by atoms with E-state index in [4.69, 9.17) is 9.84 Å². The summed E-state index contributed by atoms with van der Waals surface area (Å²) >= 11 is 0. The van der Waals surface area contributed by atoms with Crippen LogP contribution in [-0.4, -0.2) is 23.9 Å². The second kappa shape index (κ2) is 7.15. The van der Waals surface area contributed by atoms with Crippen LogP contribution >= 0.6 is 0 Å². The Labute approximate surface area is 121 Å². The highest BCUT2D eigenvalue weighted by atomic mass is 19.4. The Balaban J connectivity index is 2.70. The Kier molecular flexibility index (Phi) is 5.81. The van der Waals surface area contributed by atoms with E-state index in [9.17, 15) is 18.0 Å². The molecule has 0 unspecified atom stereocenters. The maximum atomic E-state index is 12.0. The van der Waals surface area contributed by atoms with Gasteiger partial charge in [-0.1, -0.05) is 0 Å². The Bertz CT molecular complexity index is 510. The second-order valence-electron chi connectivity index (χ2n) is 4.72. The van der Waals surface area contributed by atoms with E-state index >= 15 is 0 Å². The van der Waals surface area contributed by atoms with Crippen LogP contribution in [0.2, 0.25) is 0 Å². The van der Waals surface area contributed by atoms with Crippen LogP contribution in [0.5, 0.6) is 5.75 Å². The number of aliphatic carboxylic acids is 1. The zero-order valence-electron chi connectivity index (χ0n) is 11.8. The molecule has 0 aliphatic rings. The molecule has 1 aromatic carbocycles. The van der Waals surface area contributed by atoms with Gasteiger partial charge in [0.05, 0.1) is 6.61 Å². The average Bonchev–Trinajstić information content (AvgIpc) is 2.33. The molecule has 0 aliphatic heterocycles. The van der Waals surface area contributed by atoms with Gasteiger partial charge in [-0.25, -0.2) is 4.79 Å². The fourth-order valence-electron chi connectivity index (χ4n) is 1.92. The van der Waals surface area contributed by atoms with Crippen molar-refractivity contribution in [3.8, 4) is 5.75 Å². The number of ether oxygens (including phenoxy) is 1.